The standard InChI is InChI=1S/C16H12Cl3NO/c1-9(10-2-4-12(17)5-3-10)20-8-11-6-13(18)7-14(19)15(11)16(20)21/h2-7,9H,8H2,1H3/t9-/m0/s1. The number of fused-ring (bicyclic) bond motifs is 1. The van der Waals surface area contributed by atoms with Crippen molar-refractivity contribution in [1.82, 2.24) is 4.90 Å². The molecule has 0 radical (unpaired) electrons. The Hall–Kier alpha value is -1.22. The molecule has 0 aromatic heterocycles. The first-order chi connectivity index (χ1) is 9.97. The normalized spacial score (nSPS) is 15.2. The van der Waals surface area contributed by atoms with Gasteiger partial charge < -0.3 is 4.90 Å². The molecule has 1 heterocycles. The maximum atomic E-state index is 12.6. The van der Waals surface area contributed by atoms with Crippen LogP contribution in [-0.2, 0) is 6.54 Å². The Morgan fingerprint density at radius 3 is 2.38 bits per heavy atom. The number of rotatable bonds is 2. The predicted molar refractivity (Wildman–Crippen MR) is 86.2 cm³/mol. The zero-order valence-electron chi connectivity index (χ0n) is 11.2. The lowest BCUT2D eigenvalue weighted by Crippen LogP contribution is -2.27. The van der Waals surface area contributed by atoms with E-state index in [1.54, 1.807) is 17.0 Å². The topological polar surface area (TPSA) is 20.3 Å². The maximum absolute atomic E-state index is 12.6. The van der Waals surface area contributed by atoms with Gasteiger partial charge in [-0.2, -0.15) is 0 Å². The monoisotopic (exact) mass is 339 g/mol. The van der Waals surface area contributed by atoms with E-state index in [-0.39, 0.29) is 11.9 Å². The second kappa shape index (κ2) is 5.53. The molecule has 1 atom stereocenters. The van der Waals surface area contributed by atoms with Gasteiger partial charge in [-0.1, -0.05) is 46.9 Å². The number of nitrogens with zero attached hydrogens (tertiary/aromatic N) is 1. The summed E-state index contributed by atoms with van der Waals surface area (Å²) in [6.07, 6.45) is 0. The van der Waals surface area contributed by atoms with Crippen LogP contribution < -0.4 is 0 Å². The number of hydrogen-bond acceptors (Lipinski definition) is 1. The number of benzene rings is 2. The van der Waals surface area contributed by atoms with E-state index in [1.165, 1.54) is 0 Å². The summed E-state index contributed by atoms with van der Waals surface area (Å²) in [7, 11) is 0. The SMILES string of the molecule is C[C@@H](c1ccc(Cl)cc1)N1Cc2cc(Cl)cc(Cl)c2C1=O. The molecule has 1 aliphatic rings. The van der Waals surface area contributed by atoms with Crippen LogP contribution in [0.1, 0.15) is 34.5 Å². The molecule has 5 heteroatoms. The van der Waals surface area contributed by atoms with Gasteiger partial charge in [-0.15, -0.1) is 0 Å². The molecular formula is C16H12Cl3NO. The van der Waals surface area contributed by atoms with Gasteiger partial charge in [0.2, 0.25) is 0 Å². The minimum atomic E-state index is -0.0610. The van der Waals surface area contributed by atoms with Crippen LogP contribution in [0.25, 0.3) is 0 Å². The van der Waals surface area contributed by atoms with Gasteiger partial charge in [0.1, 0.15) is 0 Å². The van der Waals surface area contributed by atoms with Crippen molar-refractivity contribution in [3.63, 3.8) is 0 Å². The fourth-order valence-electron chi connectivity index (χ4n) is 2.62. The molecule has 108 valence electrons. The molecule has 2 aromatic rings. The molecule has 0 aliphatic carbocycles. The van der Waals surface area contributed by atoms with Gasteiger partial charge >= 0.3 is 0 Å². The molecule has 1 aliphatic heterocycles. The van der Waals surface area contributed by atoms with Crippen LogP contribution in [0.3, 0.4) is 0 Å². The first-order valence-electron chi connectivity index (χ1n) is 6.51. The lowest BCUT2D eigenvalue weighted by molar-refractivity contribution is 0.0716. The van der Waals surface area contributed by atoms with Crippen LogP contribution in [0.4, 0.5) is 0 Å². The van der Waals surface area contributed by atoms with Gasteiger partial charge in [-0.3, -0.25) is 4.79 Å². The molecule has 0 fully saturated rings. The Balaban J connectivity index is 1.94. The van der Waals surface area contributed by atoms with Crippen LogP contribution in [-0.4, -0.2) is 10.8 Å². The van der Waals surface area contributed by atoms with E-state index in [9.17, 15) is 4.79 Å². The molecule has 2 aromatic carbocycles. The highest BCUT2D eigenvalue weighted by molar-refractivity contribution is 6.37. The first-order valence-corrected chi connectivity index (χ1v) is 7.65. The van der Waals surface area contributed by atoms with Crippen LogP contribution in [0.5, 0.6) is 0 Å². The molecule has 2 nitrogen and oxygen atoms in total. The van der Waals surface area contributed by atoms with E-state index in [0.29, 0.717) is 27.2 Å². The smallest absolute Gasteiger partial charge is 0.256 e. The van der Waals surface area contributed by atoms with E-state index in [2.05, 4.69) is 0 Å². The molecule has 0 saturated heterocycles. The summed E-state index contributed by atoms with van der Waals surface area (Å²) >= 11 is 18.1. The Labute approximate surface area is 138 Å². The van der Waals surface area contributed by atoms with Crippen molar-refractivity contribution in [3.8, 4) is 0 Å². The molecule has 21 heavy (non-hydrogen) atoms. The van der Waals surface area contributed by atoms with Gasteiger partial charge in [-0.05, 0) is 42.3 Å². The van der Waals surface area contributed by atoms with E-state index in [4.69, 9.17) is 34.8 Å². The lowest BCUT2D eigenvalue weighted by Gasteiger charge is -2.24. The summed E-state index contributed by atoms with van der Waals surface area (Å²) in [5, 5.41) is 1.64. The van der Waals surface area contributed by atoms with Gasteiger partial charge in [0.15, 0.2) is 0 Å². The Morgan fingerprint density at radius 1 is 1.05 bits per heavy atom. The van der Waals surface area contributed by atoms with Crippen molar-refractivity contribution < 1.29 is 4.79 Å². The fraction of sp³-hybridized carbons (Fsp3) is 0.188. The lowest BCUT2D eigenvalue weighted by atomic mass is 10.1. The van der Waals surface area contributed by atoms with Crippen molar-refractivity contribution in [2.75, 3.05) is 0 Å². The molecule has 0 saturated carbocycles. The average Bonchev–Trinajstić information content (AvgIpc) is 2.76. The molecule has 0 bridgehead atoms. The highest BCUT2D eigenvalue weighted by Gasteiger charge is 2.33. The zero-order chi connectivity index (χ0) is 15.1. The summed E-state index contributed by atoms with van der Waals surface area (Å²) < 4.78 is 0. The Kier molecular flexibility index (Phi) is 3.87. The molecular weight excluding hydrogens is 329 g/mol. The maximum Gasteiger partial charge on any atom is 0.256 e. The summed E-state index contributed by atoms with van der Waals surface area (Å²) in [6, 6.07) is 10.9. The van der Waals surface area contributed by atoms with E-state index < -0.39 is 0 Å². The first kappa shape index (κ1) is 14.7. The third-order valence-electron chi connectivity index (χ3n) is 3.77. The van der Waals surface area contributed by atoms with Crippen molar-refractivity contribution >= 4 is 40.7 Å². The highest BCUT2D eigenvalue weighted by atomic mass is 35.5. The predicted octanol–water partition coefficient (Wildman–Crippen LogP) is 5.36. The van der Waals surface area contributed by atoms with Crippen LogP contribution in [0, 0.1) is 0 Å². The van der Waals surface area contributed by atoms with Crippen LogP contribution in [0.2, 0.25) is 15.1 Å². The van der Waals surface area contributed by atoms with Crippen LogP contribution >= 0.6 is 34.8 Å². The van der Waals surface area contributed by atoms with Crippen molar-refractivity contribution in [2.24, 2.45) is 0 Å². The van der Waals surface area contributed by atoms with Gasteiger partial charge in [0, 0.05) is 16.6 Å². The molecule has 1 amide bonds. The molecule has 0 spiro atoms. The third-order valence-corrected chi connectivity index (χ3v) is 4.54. The van der Waals surface area contributed by atoms with E-state index >= 15 is 0 Å². The quantitative estimate of drug-likeness (QED) is 0.720. The van der Waals surface area contributed by atoms with Crippen LogP contribution in [0.15, 0.2) is 36.4 Å². The number of hydrogen-bond donors (Lipinski definition) is 0. The second-order valence-electron chi connectivity index (χ2n) is 5.08. The van der Waals surface area contributed by atoms with Crippen molar-refractivity contribution in [3.05, 3.63) is 68.2 Å². The highest BCUT2D eigenvalue weighted by Crippen LogP contribution is 2.36. The molecule has 0 N–H and O–H groups in total. The summed E-state index contributed by atoms with van der Waals surface area (Å²) in [5.74, 6) is -0.0610. The third kappa shape index (κ3) is 2.64. The molecule has 3 rings (SSSR count). The number of halogens is 3. The van der Waals surface area contributed by atoms with Gasteiger partial charge in [0.05, 0.1) is 16.6 Å². The van der Waals surface area contributed by atoms with E-state index in [0.717, 1.165) is 11.1 Å². The number of carbonyl (C=O) groups is 1. The molecule has 0 unspecified atom stereocenters. The van der Waals surface area contributed by atoms with Gasteiger partial charge in [-0.25, -0.2) is 0 Å². The van der Waals surface area contributed by atoms with Gasteiger partial charge in [0.25, 0.3) is 5.91 Å². The Morgan fingerprint density at radius 2 is 1.71 bits per heavy atom. The summed E-state index contributed by atoms with van der Waals surface area (Å²) in [6.45, 7) is 2.50. The summed E-state index contributed by atoms with van der Waals surface area (Å²) in [4.78, 5) is 14.4. The number of carbonyl (C=O) groups excluding carboxylic acids is 1. The minimum Gasteiger partial charge on any atom is -0.327 e. The minimum absolute atomic E-state index is 0.0583. The zero-order valence-corrected chi connectivity index (χ0v) is 13.5. The van der Waals surface area contributed by atoms with E-state index in [1.807, 2.05) is 31.2 Å². The average molecular weight is 341 g/mol. The fourth-order valence-corrected chi connectivity index (χ4v) is 3.37. The summed E-state index contributed by atoms with van der Waals surface area (Å²) in [5.41, 5.74) is 2.46. The number of amides is 1. The Bertz CT molecular complexity index is 712. The largest absolute Gasteiger partial charge is 0.327 e. The second-order valence-corrected chi connectivity index (χ2v) is 6.36. The van der Waals surface area contributed by atoms with Crippen molar-refractivity contribution in [2.45, 2.75) is 19.5 Å². The van der Waals surface area contributed by atoms with Crippen molar-refractivity contribution in [1.29, 1.82) is 0 Å².